The molecule has 128 valence electrons. The molecule has 0 rings (SSSR count). The molecule has 1 nitrogen and oxygen atoms in total. The molecule has 0 aliphatic heterocycles. The number of rotatable bonds is 16. The summed E-state index contributed by atoms with van der Waals surface area (Å²) in [6, 6.07) is 0.766. The maximum absolute atomic E-state index is 2.46. The van der Waals surface area contributed by atoms with Crippen LogP contribution in [-0.4, -0.2) is 24.5 Å². The van der Waals surface area contributed by atoms with Crippen molar-refractivity contribution in [1.29, 1.82) is 0 Å². The summed E-state index contributed by atoms with van der Waals surface area (Å²) in [5.41, 5.74) is 0. The Bertz CT molecular complexity index is 190. The van der Waals surface area contributed by atoms with E-state index in [0.717, 1.165) is 6.04 Å². The predicted molar refractivity (Wildman–Crippen MR) is 98.1 cm³/mol. The third-order valence-corrected chi connectivity index (χ3v) is 4.98. The minimum Gasteiger partial charge on any atom is -0.304 e. The second kappa shape index (κ2) is 16.3. The van der Waals surface area contributed by atoms with E-state index >= 15 is 0 Å². The smallest absolute Gasteiger partial charge is 0.00637 e. The largest absolute Gasteiger partial charge is 0.304 e. The fourth-order valence-corrected chi connectivity index (χ4v) is 2.99. The van der Waals surface area contributed by atoms with Crippen molar-refractivity contribution in [3.63, 3.8) is 0 Å². The van der Waals surface area contributed by atoms with Crippen LogP contribution in [0.2, 0.25) is 0 Å². The average Bonchev–Trinajstić information content (AvgIpc) is 2.50. The van der Waals surface area contributed by atoms with Gasteiger partial charge >= 0.3 is 0 Å². The Morgan fingerprint density at radius 1 is 0.619 bits per heavy atom. The molecule has 21 heavy (non-hydrogen) atoms. The molecule has 0 aromatic rings. The van der Waals surface area contributed by atoms with Crippen molar-refractivity contribution in [3.8, 4) is 0 Å². The summed E-state index contributed by atoms with van der Waals surface area (Å²) in [7, 11) is 2.24. The molecule has 0 N–H and O–H groups in total. The SMILES string of the molecule is CCCCCCCCCCCCCCCC(C)N(C)CC. The normalized spacial score (nSPS) is 13.0. The topological polar surface area (TPSA) is 3.24 Å². The lowest BCUT2D eigenvalue weighted by atomic mass is 10.0. The van der Waals surface area contributed by atoms with Gasteiger partial charge in [-0.2, -0.15) is 0 Å². The first-order chi connectivity index (χ1) is 10.2. The van der Waals surface area contributed by atoms with Gasteiger partial charge in [-0.05, 0) is 26.9 Å². The minimum atomic E-state index is 0.766. The van der Waals surface area contributed by atoms with E-state index in [1.807, 2.05) is 0 Å². The van der Waals surface area contributed by atoms with Gasteiger partial charge in [-0.1, -0.05) is 97.3 Å². The quantitative estimate of drug-likeness (QED) is 0.283. The summed E-state index contributed by atoms with van der Waals surface area (Å²) in [6.45, 7) is 8.09. The molecule has 0 aliphatic rings. The third-order valence-electron chi connectivity index (χ3n) is 4.98. The maximum Gasteiger partial charge on any atom is 0.00637 e. The molecule has 0 aromatic heterocycles. The highest BCUT2D eigenvalue weighted by molar-refractivity contribution is 4.61. The van der Waals surface area contributed by atoms with Crippen molar-refractivity contribution in [2.75, 3.05) is 13.6 Å². The Labute approximate surface area is 135 Å². The van der Waals surface area contributed by atoms with Crippen molar-refractivity contribution in [2.45, 2.75) is 117 Å². The van der Waals surface area contributed by atoms with Gasteiger partial charge in [0.25, 0.3) is 0 Å². The minimum absolute atomic E-state index is 0.766. The molecule has 0 heterocycles. The first-order valence-corrected chi connectivity index (χ1v) is 9.92. The van der Waals surface area contributed by atoms with Gasteiger partial charge in [0.1, 0.15) is 0 Å². The fraction of sp³-hybridized carbons (Fsp3) is 1.00. The Morgan fingerprint density at radius 3 is 1.38 bits per heavy atom. The summed E-state index contributed by atoms with van der Waals surface area (Å²) in [6.07, 6.45) is 20.3. The Hall–Kier alpha value is -0.0400. The molecule has 0 aromatic carbocycles. The van der Waals surface area contributed by atoms with Crippen LogP contribution in [0.4, 0.5) is 0 Å². The first kappa shape index (κ1) is 21.0. The van der Waals surface area contributed by atoms with E-state index in [0.29, 0.717) is 0 Å². The van der Waals surface area contributed by atoms with Gasteiger partial charge in [-0.3, -0.25) is 0 Å². The molecule has 0 amide bonds. The van der Waals surface area contributed by atoms with Crippen LogP contribution in [0.3, 0.4) is 0 Å². The Morgan fingerprint density at radius 2 is 1.00 bits per heavy atom. The van der Waals surface area contributed by atoms with E-state index in [-0.39, 0.29) is 0 Å². The van der Waals surface area contributed by atoms with E-state index in [1.165, 1.54) is 96.4 Å². The molecular formula is C20H43N. The molecule has 1 unspecified atom stereocenters. The predicted octanol–water partition coefficient (Wildman–Crippen LogP) is 6.81. The second-order valence-electron chi connectivity index (χ2n) is 6.95. The molecule has 1 heteroatoms. The summed E-state index contributed by atoms with van der Waals surface area (Å²) < 4.78 is 0. The van der Waals surface area contributed by atoms with Gasteiger partial charge in [0.15, 0.2) is 0 Å². The lowest BCUT2D eigenvalue weighted by Crippen LogP contribution is -2.28. The van der Waals surface area contributed by atoms with Crippen LogP contribution in [0.5, 0.6) is 0 Å². The van der Waals surface area contributed by atoms with Crippen LogP contribution in [0.1, 0.15) is 111 Å². The van der Waals surface area contributed by atoms with Crippen LogP contribution < -0.4 is 0 Å². The van der Waals surface area contributed by atoms with Gasteiger partial charge in [-0.15, -0.1) is 0 Å². The summed E-state index contributed by atoms with van der Waals surface area (Å²) in [5, 5.41) is 0. The molecule has 0 bridgehead atoms. The molecule has 1 atom stereocenters. The third kappa shape index (κ3) is 14.7. The lowest BCUT2D eigenvalue weighted by molar-refractivity contribution is 0.253. The second-order valence-corrected chi connectivity index (χ2v) is 6.95. The standard InChI is InChI=1S/C20H43N/c1-5-7-8-9-10-11-12-13-14-15-16-17-18-19-20(3)21(4)6-2/h20H,5-19H2,1-4H3. The van der Waals surface area contributed by atoms with Gasteiger partial charge in [0, 0.05) is 6.04 Å². The van der Waals surface area contributed by atoms with E-state index in [2.05, 4.69) is 32.7 Å². The van der Waals surface area contributed by atoms with E-state index in [9.17, 15) is 0 Å². The maximum atomic E-state index is 2.46. The number of hydrogen-bond donors (Lipinski definition) is 0. The van der Waals surface area contributed by atoms with Gasteiger partial charge in [0.2, 0.25) is 0 Å². The van der Waals surface area contributed by atoms with E-state index in [1.54, 1.807) is 0 Å². The molecule has 0 saturated carbocycles. The Balaban J connectivity index is 3.09. The number of nitrogens with zero attached hydrogens (tertiary/aromatic N) is 1. The zero-order valence-corrected chi connectivity index (χ0v) is 15.6. The summed E-state index contributed by atoms with van der Waals surface area (Å²) in [4.78, 5) is 2.46. The summed E-state index contributed by atoms with van der Waals surface area (Å²) in [5.74, 6) is 0. The molecular weight excluding hydrogens is 254 g/mol. The highest BCUT2D eigenvalue weighted by Crippen LogP contribution is 2.14. The zero-order valence-electron chi connectivity index (χ0n) is 15.6. The van der Waals surface area contributed by atoms with Crippen LogP contribution in [0.15, 0.2) is 0 Å². The number of hydrogen-bond acceptors (Lipinski definition) is 1. The van der Waals surface area contributed by atoms with Crippen LogP contribution >= 0.6 is 0 Å². The van der Waals surface area contributed by atoms with Crippen molar-refractivity contribution >= 4 is 0 Å². The monoisotopic (exact) mass is 297 g/mol. The van der Waals surface area contributed by atoms with E-state index < -0.39 is 0 Å². The Kier molecular flexibility index (Phi) is 16.3. The fourth-order valence-electron chi connectivity index (χ4n) is 2.99. The highest BCUT2D eigenvalue weighted by Gasteiger charge is 2.05. The molecule has 0 fully saturated rings. The van der Waals surface area contributed by atoms with Crippen LogP contribution in [0, 0.1) is 0 Å². The lowest BCUT2D eigenvalue weighted by Gasteiger charge is -2.22. The average molecular weight is 298 g/mol. The first-order valence-electron chi connectivity index (χ1n) is 9.92. The van der Waals surface area contributed by atoms with Crippen LogP contribution in [0.25, 0.3) is 0 Å². The van der Waals surface area contributed by atoms with Gasteiger partial charge < -0.3 is 4.90 Å². The molecule has 0 radical (unpaired) electrons. The summed E-state index contributed by atoms with van der Waals surface area (Å²) >= 11 is 0. The van der Waals surface area contributed by atoms with Gasteiger partial charge in [0.05, 0.1) is 0 Å². The van der Waals surface area contributed by atoms with Crippen molar-refractivity contribution < 1.29 is 0 Å². The molecule has 0 saturated heterocycles. The van der Waals surface area contributed by atoms with Crippen molar-refractivity contribution in [2.24, 2.45) is 0 Å². The zero-order chi connectivity index (χ0) is 15.8. The molecule has 0 aliphatic carbocycles. The van der Waals surface area contributed by atoms with Crippen molar-refractivity contribution in [1.82, 2.24) is 4.90 Å². The van der Waals surface area contributed by atoms with Gasteiger partial charge in [-0.25, -0.2) is 0 Å². The van der Waals surface area contributed by atoms with Crippen molar-refractivity contribution in [3.05, 3.63) is 0 Å². The van der Waals surface area contributed by atoms with Crippen LogP contribution in [-0.2, 0) is 0 Å². The van der Waals surface area contributed by atoms with E-state index in [4.69, 9.17) is 0 Å². The highest BCUT2D eigenvalue weighted by atomic mass is 15.1. The molecule has 0 spiro atoms. The number of unbranched alkanes of at least 4 members (excludes halogenated alkanes) is 12.